The van der Waals surface area contributed by atoms with E-state index in [0.29, 0.717) is 13.1 Å². The average Bonchev–Trinajstić information content (AvgIpc) is 3.20. The minimum atomic E-state index is -0.0271. The lowest BCUT2D eigenvalue weighted by Gasteiger charge is -2.32. The third-order valence-electron chi connectivity index (χ3n) is 5.76. The Morgan fingerprint density at radius 2 is 1.86 bits per heavy atom. The Morgan fingerprint density at radius 1 is 1.10 bits per heavy atom. The number of carbonyl (C=O) groups is 2. The van der Waals surface area contributed by atoms with E-state index in [1.54, 1.807) is 16.7 Å². The van der Waals surface area contributed by atoms with Crippen LogP contribution in [0.5, 0.6) is 0 Å². The van der Waals surface area contributed by atoms with E-state index in [0.717, 1.165) is 43.7 Å². The molecule has 2 amide bonds. The number of hydrogen-bond donors (Lipinski definition) is 1. The molecular weight excluding hydrogens is 382 g/mol. The number of anilines is 1. The first-order chi connectivity index (χ1) is 14.1. The maximum absolute atomic E-state index is 12.9. The van der Waals surface area contributed by atoms with Crippen LogP contribution in [0.1, 0.15) is 28.8 Å². The fourth-order valence-corrected chi connectivity index (χ4v) is 4.57. The zero-order valence-corrected chi connectivity index (χ0v) is 17.6. The molecule has 2 aromatic carbocycles. The lowest BCUT2D eigenvalue weighted by Crippen LogP contribution is -2.38. The van der Waals surface area contributed by atoms with Crippen molar-refractivity contribution in [2.45, 2.75) is 24.3 Å². The highest BCUT2D eigenvalue weighted by Gasteiger charge is 2.27. The van der Waals surface area contributed by atoms with Crippen molar-refractivity contribution in [3.63, 3.8) is 0 Å². The van der Waals surface area contributed by atoms with Gasteiger partial charge < -0.3 is 5.32 Å². The second-order valence-electron chi connectivity index (χ2n) is 7.72. The van der Waals surface area contributed by atoms with Crippen molar-refractivity contribution in [2.75, 3.05) is 37.3 Å². The molecule has 1 unspecified atom stereocenters. The molecule has 6 heteroatoms. The Labute approximate surface area is 176 Å². The molecule has 0 saturated carbocycles. The summed E-state index contributed by atoms with van der Waals surface area (Å²) in [5.41, 5.74) is 2.97. The number of carbonyl (C=O) groups excluding carboxylic acids is 2. The first-order valence-corrected chi connectivity index (χ1v) is 11.4. The van der Waals surface area contributed by atoms with Crippen molar-refractivity contribution in [3.8, 4) is 0 Å². The topological polar surface area (TPSA) is 52.7 Å². The summed E-state index contributed by atoms with van der Waals surface area (Å²) >= 11 is 1.69. The number of likely N-dealkylation sites (tertiary alicyclic amines) is 1. The third kappa shape index (κ3) is 4.65. The molecule has 0 aliphatic carbocycles. The van der Waals surface area contributed by atoms with E-state index < -0.39 is 0 Å². The Morgan fingerprint density at radius 3 is 2.52 bits per heavy atom. The molecule has 152 valence electrons. The van der Waals surface area contributed by atoms with Crippen LogP contribution in [0, 0.1) is 5.92 Å². The number of amides is 2. The van der Waals surface area contributed by atoms with Crippen LogP contribution in [-0.2, 0) is 6.54 Å². The van der Waals surface area contributed by atoms with Crippen molar-refractivity contribution < 1.29 is 9.59 Å². The van der Waals surface area contributed by atoms with Gasteiger partial charge in [-0.05, 0) is 55.5 Å². The van der Waals surface area contributed by atoms with Crippen LogP contribution in [0.3, 0.4) is 0 Å². The van der Waals surface area contributed by atoms with Crippen molar-refractivity contribution in [3.05, 3.63) is 59.7 Å². The van der Waals surface area contributed by atoms with Gasteiger partial charge >= 0.3 is 6.03 Å². The van der Waals surface area contributed by atoms with Crippen molar-refractivity contribution in [2.24, 2.45) is 5.92 Å². The number of benzene rings is 2. The van der Waals surface area contributed by atoms with Crippen molar-refractivity contribution >= 4 is 29.3 Å². The molecule has 2 aliphatic heterocycles. The fourth-order valence-electron chi connectivity index (χ4n) is 4.16. The molecule has 29 heavy (non-hydrogen) atoms. The highest BCUT2D eigenvalue weighted by Crippen LogP contribution is 2.25. The second kappa shape index (κ2) is 9.01. The molecule has 2 aliphatic rings. The van der Waals surface area contributed by atoms with Crippen LogP contribution in [-0.4, -0.2) is 49.1 Å². The number of rotatable bonds is 6. The third-order valence-corrected chi connectivity index (χ3v) is 6.51. The highest BCUT2D eigenvalue weighted by atomic mass is 32.2. The number of thioether (sulfide) groups is 1. The summed E-state index contributed by atoms with van der Waals surface area (Å²) in [7, 11) is 0. The minimum Gasteiger partial charge on any atom is -0.336 e. The number of nitrogens with zero attached hydrogens (tertiary/aromatic N) is 2. The van der Waals surface area contributed by atoms with Crippen molar-refractivity contribution in [1.29, 1.82) is 0 Å². The molecule has 2 heterocycles. The van der Waals surface area contributed by atoms with Gasteiger partial charge in [0, 0.05) is 48.2 Å². The van der Waals surface area contributed by atoms with E-state index in [9.17, 15) is 9.59 Å². The monoisotopic (exact) mass is 409 g/mol. The number of piperidine rings is 1. The van der Waals surface area contributed by atoms with Gasteiger partial charge in [-0.15, -0.1) is 11.8 Å². The van der Waals surface area contributed by atoms with Gasteiger partial charge in [0.1, 0.15) is 0 Å². The van der Waals surface area contributed by atoms with Crippen LogP contribution < -0.4 is 10.2 Å². The van der Waals surface area contributed by atoms with Gasteiger partial charge in [-0.2, -0.15) is 0 Å². The Hall–Kier alpha value is -2.31. The standard InChI is InChI=1S/C23H27N3O2S/c1-29-21-10-6-18(7-11-21)22(27)19-3-2-13-25(16-19)15-17-4-8-20(9-5-17)26-14-12-24-23(26)28/h4-11,19H,2-3,12-16H2,1H3,(H,24,28). The summed E-state index contributed by atoms with van der Waals surface area (Å²) in [6.45, 7) is 4.07. The number of nitrogens with one attached hydrogen (secondary N) is 1. The Balaban J connectivity index is 1.37. The Bertz CT molecular complexity index is 867. The fraction of sp³-hybridized carbons (Fsp3) is 0.391. The smallest absolute Gasteiger partial charge is 0.321 e. The molecule has 1 atom stereocenters. The van der Waals surface area contributed by atoms with Gasteiger partial charge in [0.25, 0.3) is 0 Å². The predicted molar refractivity (Wildman–Crippen MR) is 118 cm³/mol. The lowest BCUT2D eigenvalue weighted by atomic mass is 9.90. The van der Waals surface area contributed by atoms with Gasteiger partial charge in [0.2, 0.25) is 0 Å². The summed E-state index contributed by atoms with van der Waals surface area (Å²) in [5.74, 6) is 0.328. The molecule has 2 fully saturated rings. The maximum Gasteiger partial charge on any atom is 0.321 e. The predicted octanol–water partition coefficient (Wildman–Crippen LogP) is 4.03. The first-order valence-electron chi connectivity index (χ1n) is 10.2. The number of ketones is 1. The Kier molecular flexibility index (Phi) is 6.21. The van der Waals surface area contributed by atoms with Gasteiger partial charge in [0.15, 0.2) is 5.78 Å². The zero-order valence-electron chi connectivity index (χ0n) is 16.8. The highest BCUT2D eigenvalue weighted by molar-refractivity contribution is 7.98. The van der Waals surface area contributed by atoms with E-state index in [1.807, 2.05) is 42.7 Å². The molecule has 2 aromatic rings. The average molecular weight is 410 g/mol. The molecule has 0 spiro atoms. The maximum atomic E-state index is 12.9. The summed E-state index contributed by atoms with van der Waals surface area (Å²) in [6.07, 6.45) is 4.05. The molecule has 0 radical (unpaired) electrons. The van der Waals surface area contributed by atoms with Gasteiger partial charge in [-0.1, -0.05) is 24.3 Å². The van der Waals surface area contributed by atoms with Crippen LogP contribution in [0.15, 0.2) is 53.4 Å². The minimum absolute atomic E-state index is 0.0271. The molecule has 0 bridgehead atoms. The quantitative estimate of drug-likeness (QED) is 0.578. The summed E-state index contributed by atoms with van der Waals surface area (Å²) < 4.78 is 0. The van der Waals surface area contributed by atoms with Crippen LogP contribution in [0.25, 0.3) is 0 Å². The first kappa shape index (κ1) is 20.0. The van der Waals surface area contributed by atoms with E-state index >= 15 is 0 Å². The largest absolute Gasteiger partial charge is 0.336 e. The van der Waals surface area contributed by atoms with E-state index in [-0.39, 0.29) is 17.7 Å². The van der Waals surface area contributed by atoms with Crippen LogP contribution >= 0.6 is 11.8 Å². The SMILES string of the molecule is CSc1ccc(C(=O)C2CCCN(Cc3ccc(N4CCNC4=O)cc3)C2)cc1. The summed E-state index contributed by atoms with van der Waals surface area (Å²) in [6, 6.07) is 16.2. The van der Waals surface area contributed by atoms with Gasteiger partial charge in [-0.3, -0.25) is 14.6 Å². The zero-order chi connectivity index (χ0) is 20.2. The van der Waals surface area contributed by atoms with Crippen molar-refractivity contribution in [1.82, 2.24) is 10.2 Å². The van der Waals surface area contributed by atoms with E-state index in [2.05, 4.69) is 22.3 Å². The molecular formula is C23H27N3O2S. The summed E-state index contributed by atoms with van der Waals surface area (Å²) in [4.78, 5) is 30.1. The number of hydrogen-bond acceptors (Lipinski definition) is 4. The molecule has 1 N–H and O–H groups in total. The number of urea groups is 1. The molecule has 2 saturated heterocycles. The summed E-state index contributed by atoms with van der Waals surface area (Å²) in [5, 5.41) is 2.83. The second-order valence-corrected chi connectivity index (χ2v) is 8.60. The van der Waals surface area contributed by atoms with E-state index in [4.69, 9.17) is 0 Å². The van der Waals surface area contributed by atoms with Gasteiger partial charge in [-0.25, -0.2) is 4.79 Å². The number of Topliss-reactive ketones (excluding diaryl/α,β-unsaturated/α-hetero) is 1. The van der Waals surface area contributed by atoms with Gasteiger partial charge in [0.05, 0.1) is 0 Å². The normalized spacial score (nSPS) is 20.0. The van der Waals surface area contributed by atoms with Crippen LogP contribution in [0.2, 0.25) is 0 Å². The van der Waals surface area contributed by atoms with Crippen LogP contribution in [0.4, 0.5) is 10.5 Å². The lowest BCUT2D eigenvalue weighted by molar-refractivity contribution is 0.0811. The molecule has 0 aromatic heterocycles. The molecule has 5 nitrogen and oxygen atoms in total. The molecule has 4 rings (SSSR count). The van der Waals surface area contributed by atoms with E-state index in [1.165, 1.54) is 10.5 Å².